The van der Waals surface area contributed by atoms with Crippen LogP contribution in [0.3, 0.4) is 0 Å². The summed E-state index contributed by atoms with van der Waals surface area (Å²) in [5.74, 6) is -0.238. The molecule has 0 amide bonds. The van der Waals surface area contributed by atoms with Gasteiger partial charge in [-0.1, -0.05) is 25.7 Å². The lowest BCUT2D eigenvalue weighted by Gasteiger charge is -2.48. The lowest BCUT2D eigenvalue weighted by molar-refractivity contribution is -0.380. The van der Waals surface area contributed by atoms with Gasteiger partial charge in [0.25, 0.3) is 0 Å². The molecule has 3 fully saturated rings. The van der Waals surface area contributed by atoms with Gasteiger partial charge in [-0.3, -0.25) is 4.79 Å². The van der Waals surface area contributed by atoms with Crippen molar-refractivity contribution in [2.75, 3.05) is 33.5 Å². The number of carbonyl (C=O) groups is 1. The number of hydrogen-bond donors (Lipinski definition) is 9. The van der Waals surface area contributed by atoms with Crippen molar-refractivity contribution in [3.63, 3.8) is 0 Å². The lowest BCUT2D eigenvalue weighted by Crippen LogP contribution is -2.66. The average molecular weight is 659 g/mol. The van der Waals surface area contributed by atoms with Crippen LogP contribution in [0.5, 0.6) is 0 Å². The first kappa shape index (κ1) is 38.3. The molecule has 3 aliphatic heterocycles. The second kappa shape index (κ2) is 19.0. The molecule has 17 heteroatoms. The van der Waals surface area contributed by atoms with Gasteiger partial charge < -0.3 is 79.1 Å². The Balaban J connectivity index is 1.61. The van der Waals surface area contributed by atoms with Crippen LogP contribution >= 0.6 is 0 Å². The number of ether oxygens (including phenoxy) is 7. The first-order chi connectivity index (χ1) is 21.6. The molecule has 0 aliphatic carbocycles. The molecule has 264 valence electrons. The van der Waals surface area contributed by atoms with E-state index in [0.29, 0.717) is 12.8 Å². The van der Waals surface area contributed by atoms with Gasteiger partial charge in [-0.2, -0.15) is 0 Å². The summed E-state index contributed by atoms with van der Waals surface area (Å²) in [5, 5.41) is 92.5. The number of unbranched alkanes of at least 4 members (excludes halogenated alkanes) is 5. The van der Waals surface area contributed by atoms with Gasteiger partial charge in [0.1, 0.15) is 61.0 Å². The summed E-state index contributed by atoms with van der Waals surface area (Å²) < 4.78 is 38.6. The number of hydrogen-bond acceptors (Lipinski definition) is 17. The third-order valence-electron chi connectivity index (χ3n) is 8.25. The molecule has 0 aromatic carbocycles. The van der Waals surface area contributed by atoms with Gasteiger partial charge in [0.2, 0.25) is 0 Å². The molecule has 17 nitrogen and oxygen atoms in total. The van der Waals surface area contributed by atoms with E-state index < -0.39 is 106 Å². The van der Waals surface area contributed by atoms with E-state index >= 15 is 0 Å². The molecule has 0 aromatic heterocycles. The first-order valence-electron chi connectivity index (χ1n) is 15.4. The molecule has 3 aliphatic rings. The number of aliphatic hydroxyl groups is 9. The maximum Gasteiger partial charge on any atom is 0.305 e. The lowest BCUT2D eigenvalue weighted by atomic mass is 9.96. The van der Waals surface area contributed by atoms with Crippen molar-refractivity contribution in [3.05, 3.63) is 0 Å². The molecule has 45 heavy (non-hydrogen) atoms. The fourth-order valence-electron chi connectivity index (χ4n) is 5.53. The fraction of sp³-hybridized carbons (Fsp3) is 0.964. The zero-order chi connectivity index (χ0) is 33.1. The highest BCUT2D eigenvalue weighted by Gasteiger charge is 2.52. The van der Waals surface area contributed by atoms with Crippen molar-refractivity contribution in [2.45, 2.75) is 137 Å². The van der Waals surface area contributed by atoms with Gasteiger partial charge in [-0.05, 0) is 12.8 Å². The summed E-state index contributed by atoms with van der Waals surface area (Å²) in [6.45, 7) is -1.88. The third kappa shape index (κ3) is 10.4. The van der Waals surface area contributed by atoms with Gasteiger partial charge in [0.05, 0.1) is 33.0 Å². The van der Waals surface area contributed by atoms with Crippen LogP contribution < -0.4 is 0 Å². The molecular formula is C28H50O17. The Bertz CT molecular complexity index is 852. The molecule has 0 spiro atoms. The quantitative estimate of drug-likeness (QED) is 0.0539. The van der Waals surface area contributed by atoms with E-state index in [1.165, 1.54) is 7.11 Å². The van der Waals surface area contributed by atoms with Crippen molar-refractivity contribution < 1.29 is 83.9 Å². The molecule has 14 atom stereocenters. The van der Waals surface area contributed by atoms with E-state index in [0.717, 1.165) is 32.1 Å². The molecule has 3 rings (SSSR count). The van der Waals surface area contributed by atoms with Gasteiger partial charge in [-0.25, -0.2) is 0 Å². The Morgan fingerprint density at radius 1 is 0.644 bits per heavy atom. The number of carbonyl (C=O) groups excluding carboxylic acids is 1. The maximum absolute atomic E-state index is 11.2. The maximum atomic E-state index is 11.2. The first-order valence-corrected chi connectivity index (χ1v) is 15.4. The predicted octanol–water partition coefficient (Wildman–Crippen LogP) is -3.62. The zero-order valence-electron chi connectivity index (χ0n) is 25.4. The molecule has 0 unspecified atom stereocenters. The zero-order valence-corrected chi connectivity index (χ0v) is 25.4. The van der Waals surface area contributed by atoms with Crippen LogP contribution in [0.15, 0.2) is 0 Å². The Morgan fingerprint density at radius 3 is 1.87 bits per heavy atom. The largest absolute Gasteiger partial charge is 0.469 e. The SMILES string of the molecule is COC(=O)CCCCCCCCO[C@H]1O[C@H](CO)[C@@H](O)[C@H](O[C@H]2O[C@H](CO)[C@@H](O)[C@H](O)[C@H]2O[C@@H]2C[C@H](O)[C@@H](O)[C@@H](CO)O2)[C@H]1O. The molecule has 3 heterocycles. The summed E-state index contributed by atoms with van der Waals surface area (Å²) in [6, 6.07) is 0. The standard InChI is InChI=1S/C28H50O17/c1-39-18(33)8-6-4-2-3-5-7-9-40-27-24(38)25(22(36)17(13-31)42-27)45-28-26(23(37)21(35)16(12-30)43-28)44-19-10-14(32)20(34)15(11-29)41-19/h14-17,19-32,34-38H,2-13H2,1H3/t14-,15+,16+,17+,19+,20+,21+,22+,23-,24+,25-,26+,27-,28+/m0/s1. The van der Waals surface area contributed by atoms with Gasteiger partial charge in [0.15, 0.2) is 18.9 Å². The summed E-state index contributed by atoms with van der Waals surface area (Å²) in [5.41, 5.74) is 0. The van der Waals surface area contributed by atoms with Crippen LogP contribution in [0.1, 0.15) is 51.4 Å². The van der Waals surface area contributed by atoms with Crippen molar-refractivity contribution in [1.29, 1.82) is 0 Å². The van der Waals surface area contributed by atoms with Gasteiger partial charge in [-0.15, -0.1) is 0 Å². The second-order valence-corrected chi connectivity index (χ2v) is 11.5. The number of methoxy groups -OCH3 is 1. The van der Waals surface area contributed by atoms with Crippen LogP contribution in [-0.4, -0.2) is 171 Å². The molecule has 0 bridgehead atoms. The highest BCUT2D eigenvalue weighted by Crippen LogP contribution is 2.33. The molecule has 0 radical (unpaired) electrons. The minimum atomic E-state index is -1.75. The van der Waals surface area contributed by atoms with Crippen LogP contribution in [0.4, 0.5) is 0 Å². The normalized spacial score (nSPS) is 40.8. The van der Waals surface area contributed by atoms with E-state index in [-0.39, 0.29) is 19.0 Å². The van der Waals surface area contributed by atoms with E-state index in [9.17, 15) is 50.8 Å². The van der Waals surface area contributed by atoms with E-state index in [1.807, 2.05) is 0 Å². The highest BCUT2D eigenvalue weighted by atomic mass is 16.8. The average Bonchev–Trinajstić information content (AvgIpc) is 3.03. The Morgan fingerprint density at radius 2 is 1.22 bits per heavy atom. The predicted molar refractivity (Wildman–Crippen MR) is 148 cm³/mol. The van der Waals surface area contributed by atoms with Crippen LogP contribution in [0.2, 0.25) is 0 Å². The fourth-order valence-corrected chi connectivity index (χ4v) is 5.53. The Hall–Kier alpha value is -1.13. The monoisotopic (exact) mass is 658 g/mol. The molecule has 0 saturated carbocycles. The summed E-state index contributed by atoms with van der Waals surface area (Å²) in [6.07, 6.45) is -15.7. The smallest absolute Gasteiger partial charge is 0.305 e. The summed E-state index contributed by atoms with van der Waals surface area (Å²) in [4.78, 5) is 11.2. The van der Waals surface area contributed by atoms with Crippen molar-refractivity contribution >= 4 is 5.97 Å². The second-order valence-electron chi connectivity index (χ2n) is 11.5. The minimum Gasteiger partial charge on any atom is -0.469 e. The topological polar surface area (TPSA) is 264 Å². The van der Waals surface area contributed by atoms with E-state index in [2.05, 4.69) is 4.74 Å². The van der Waals surface area contributed by atoms with Gasteiger partial charge in [0, 0.05) is 19.4 Å². The third-order valence-corrected chi connectivity index (χ3v) is 8.25. The van der Waals surface area contributed by atoms with Crippen LogP contribution in [0.25, 0.3) is 0 Å². The van der Waals surface area contributed by atoms with Crippen molar-refractivity contribution in [2.24, 2.45) is 0 Å². The number of aliphatic hydroxyl groups excluding tert-OH is 9. The van der Waals surface area contributed by atoms with Crippen LogP contribution in [0, 0.1) is 0 Å². The minimum absolute atomic E-state index is 0.174. The Labute approximate surface area is 261 Å². The van der Waals surface area contributed by atoms with Crippen molar-refractivity contribution in [3.8, 4) is 0 Å². The van der Waals surface area contributed by atoms with E-state index in [4.69, 9.17) is 28.4 Å². The molecule has 3 saturated heterocycles. The molecule has 0 aromatic rings. The summed E-state index contributed by atoms with van der Waals surface area (Å²) >= 11 is 0. The highest BCUT2D eigenvalue weighted by molar-refractivity contribution is 5.68. The molecular weight excluding hydrogens is 608 g/mol. The van der Waals surface area contributed by atoms with Crippen LogP contribution in [-0.2, 0) is 38.0 Å². The number of rotatable bonds is 17. The number of esters is 1. The Kier molecular flexibility index (Phi) is 16.2. The summed E-state index contributed by atoms with van der Waals surface area (Å²) in [7, 11) is 1.35. The van der Waals surface area contributed by atoms with Gasteiger partial charge >= 0.3 is 5.97 Å². The van der Waals surface area contributed by atoms with E-state index in [1.54, 1.807) is 0 Å². The van der Waals surface area contributed by atoms with Crippen molar-refractivity contribution in [1.82, 2.24) is 0 Å². The molecule has 9 N–H and O–H groups in total.